The van der Waals surface area contributed by atoms with Gasteiger partial charge < -0.3 is 19.7 Å². The number of methoxy groups -OCH3 is 2. The van der Waals surface area contributed by atoms with Crippen LogP contribution in [0.4, 0.5) is 0 Å². The van der Waals surface area contributed by atoms with Crippen LogP contribution < -0.4 is 9.47 Å². The molecule has 24 heavy (non-hydrogen) atoms. The van der Waals surface area contributed by atoms with Crippen molar-refractivity contribution in [2.45, 2.75) is 26.2 Å². The van der Waals surface area contributed by atoms with E-state index in [-0.39, 0.29) is 17.4 Å². The van der Waals surface area contributed by atoms with Gasteiger partial charge >= 0.3 is 0 Å². The Morgan fingerprint density at radius 3 is 2.25 bits per heavy atom. The number of ether oxygens (including phenoxy) is 2. The van der Waals surface area contributed by atoms with E-state index in [1.807, 2.05) is 24.3 Å². The lowest BCUT2D eigenvalue weighted by Gasteiger charge is -2.37. The first kappa shape index (κ1) is 16.5. The van der Waals surface area contributed by atoms with Crippen LogP contribution in [0.25, 0.3) is 0 Å². The fraction of sp³-hybridized carbons (Fsp3) is 0.400. The summed E-state index contributed by atoms with van der Waals surface area (Å²) in [6.07, 6.45) is 0.930. The maximum absolute atomic E-state index is 10.1. The summed E-state index contributed by atoms with van der Waals surface area (Å²) in [6.45, 7) is 4.48. The summed E-state index contributed by atoms with van der Waals surface area (Å²) in [6, 6.07) is 9.29. The van der Waals surface area contributed by atoms with Crippen LogP contribution in [0.5, 0.6) is 23.0 Å². The number of fused-ring (bicyclic) bond motifs is 1. The first-order valence-electron chi connectivity index (χ1n) is 8.23. The van der Waals surface area contributed by atoms with Crippen molar-refractivity contribution in [2.75, 3.05) is 14.2 Å². The van der Waals surface area contributed by atoms with Crippen LogP contribution in [-0.4, -0.2) is 24.4 Å². The molecule has 3 atom stereocenters. The molecular formula is C20H24O4. The maximum Gasteiger partial charge on any atom is 0.160 e. The van der Waals surface area contributed by atoms with Crippen molar-refractivity contribution in [1.29, 1.82) is 0 Å². The van der Waals surface area contributed by atoms with E-state index in [9.17, 15) is 10.2 Å². The van der Waals surface area contributed by atoms with E-state index in [2.05, 4.69) is 13.8 Å². The molecule has 0 saturated heterocycles. The predicted molar refractivity (Wildman–Crippen MR) is 93.2 cm³/mol. The molecule has 3 unspecified atom stereocenters. The largest absolute Gasteiger partial charge is 0.504 e. The van der Waals surface area contributed by atoms with Gasteiger partial charge in [-0.05, 0) is 59.2 Å². The van der Waals surface area contributed by atoms with Crippen molar-refractivity contribution in [1.82, 2.24) is 0 Å². The number of phenols is 2. The lowest BCUT2D eigenvalue weighted by atomic mass is 9.68. The van der Waals surface area contributed by atoms with Gasteiger partial charge in [0.15, 0.2) is 23.0 Å². The zero-order valence-corrected chi connectivity index (χ0v) is 14.5. The first-order chi connectivity index (χ1) is 11.5. The predicted octanol–water partition coefficient (Wildman–Crippen LogP) is 4.08. The molecular weight excluding hydrogens is 304 g/mol. The van der Waals surface area contributed by atoms with Gasteiger partial charge in [0.1, 0.15) is 0 Å². The molecule has 0 aliphatic heterocycles. The summed E-state index contributed by atoms with van der Waals surface area (Å²) in [7, 11) is 3.12. The van der Waals surface area contributed by atoms with Gasteiger partial charge in [0.05, 0.1) is 14.2 Å². The lowest BCUT2D eigenvalue weighted by molar-refractivity contribution is 0.319. The van der Waals surface area contributed by atoms with Crippen LogP contribution in [0.1, 0.15) is 36.5 Å². The van der Waals surface area contributed by atoms with Gasteiger partial charge in [-0.3, -0.25) is 0 Å². The summed E-state index contributed by atoms with van der Waals surface area (Å²) >= 11 is 0. The third-order valence-electron chi connectivity index (χ3n) is 5.30. The number of aromatic hydroxyl groups is 2. The van der Waals surface area contributed by atoms with E-state index in [1.165, 1.54) is 5.56 Å². The van der Waals surface area contributed by atoms with Gasteiger partial charge in [-0.15, -0.1) is 0 Å². The molecule has 0 heterocycles. The topological polar surface area (TPSA) is 58.9 Å². The molecule has 0 aromatic heterocycles. The van der Waals surface area contributed by atoms with Gasteiger partial charge in [0, 0.05) is 5.92 Å². The van der Waals surface area contributed by atoms with Crippen molar-refractivity contribution in [3.63, 3.8) is 0 Å². The molecule has 1 aliphatic carbocycles. The SMILES string of the molecule is COc1cc(C2c3cc(OC)c(O)cc3CC(C)C2C)ccc1O. The van der Waals surface area contributed by atoms with E-state index in [0.29, 0.717) is 23.3 Å². The monoisotopic (exact) mass is 328 g/mol. The molecule has 0 spiro atoms. The second kappa shape index (κ2) is 6.27. The van der Waals surface area contributed by atoms with Crippen LogP contribution in [-0.2, 0) is 6.42 Å². The molecule has 1 aliphatic rings. The van der Waals surface area contributed by atoms with Crippen LogP contribution in [0.2, 0.25) is 0 Å². The zero-order valence-electron chi connectivity index (χ0n) is 14.5. The number of rotatable bonds is 3. The minimum Gasteiger partial charge on any atom is -0.504 e. The Morgan fingerprint density at radius 2 is 1.58 bits per heavy atom. The van der Waals surface area contributed by atoms with Crippen LogP contribution in [0, 0.1) is 11.8 Å². The number of hydrogen-bond acceptors (Lipinski definition) is 4. The fourth-order valence-electron chi connectivity index (χ4n) is 3.77. The standard InChI is InChI=1S/C20H24O4/c1-11-7-14-8-17(22)19(24-4)10-15(14)20(12(11)2)13-5-6-16(21)18(9-13)23-3/h5-6,8-12,20-22H,7H2,1-4H3. The minimum absolute atomic E-state index is 0.140. The molecule has 0 radical (unpaired) electrons. The van der Waals surface area contributed by atoms with Crippen molar-refractivity contribution in [3.8, 4) is 23.0 Å². The third-order valence-corrected chi connectivity index (χ3v) is 5.30. The quantitative estimate of drug-likeness (QED) is 0.891. The normalized spacial score (nSPS) is 22.8. The third kappa shape index (κ3) is 2.66. The van der Waals surface area contributed by atoms with Crippen molar-refractivity contribution >= 4 is 0 Å². The lowest BCUT2D eigenvalue weighted by Crippen LogP contribution is -2.26. The van der Waals surface area contributed by atoms with E-state index in [1.54, 1.807) is 20.3 Å². The highest BCUT2D eigenvalue weighted by Gasteiger charge is 2.34. The van der Waals surface area contributed by atoms with Crippen molar-refractivity contribution in [2.24, 2.45) is 11.8 Å². The average Bonchev–Trinajstić information content (AvgIpc) is 2.57. The first-order valence-corrected chi connectivity index (χ1v) is 8.23. The van der Waals surface area contributed by atoms with Crippen LogP contribution in [0.3, 0.4) is 0 Å². The molecule has 0 amide bonds. The van der Waals surface area contributed by atoms with Crippen LogP contribution >= 0.6 is 0 Å². The van der Waals surface area contributed by atoms with Gasteiger partial charge in [-0.25, -0.2) is 0 Å². The summed E-state index contributed by atoms with van der Waals surface area (Å²) in [5, 5.41) is 20.0. The zero-order chi connectivity index (χ0) is 17.4. The Balaban J connectivity index is 2.17. The second-order valence-electron chi connectivity index (χ2n) is 6.67. The van der Waals surface area contributed by atoms with E-state index in [0.717, 1.165) is 17.5 Å². The summed E-state index contributed by atoms with van der Waals surface area (Å²) in [5.41, 5.74) is 3.41. The Kier molecular flexibility index (Phi) is 4.31. The smallest absolute Gasteiger partial charge is 0.160 e. The van der Waals surface area contributed by atoms with Gasteiger partial charge in [-0.1, -0.05) is 19.9 Å². The summed E-state index contributed by atoms with van der Waals surface area (Å²) in [5.74, 6) is 2.35. The Morgan fingerprint density at radius 1 is 0.917 bits per heavy atom. The molecule has 0 fully saturated rings. The second-order valence-corrected chi connectivity index (χ2v) is 6.67. The number of phenolic OH excluding ortho intramolecular Hbond substituents is 2. The summed E-state index contributed by atoms with van der Waals surface area (Å²) in [4.78, 5) is 0. The molecule has 3 rings (SSSR count). The average molecular weight is 328 g/mol. The van der Waals surface area contributed by atoms with Crippen molar-refractivity contribution < 1.29 is 19.7 Å². The maximum atomic E-state index is 10.1. The van der Waals surface area contributed by atoms with Gasteiger partial charge in [0.25, 0.3) is 0 Å². The molecule has 4 heteroatoms. The molecule has 0 bridgehead atoms. The number of hydrogen-bond donors (Lipinski definition) is 2. The number of benzene rings is 2. The molecule has 128 valence electrons. The fourth-order valence-corrected chi connectivity index (χ4v) is 3.77. The highest BCUT2D eigenvalue weighted by atomic mass is 16.5. The molecule has 2 aromatic rings. The molecule has 2 N–H and O–H groups in total. The Hall–Kier alpha value is -2.36. The van der Waals surface area contributed by atoms with Crippen molar-refractivity contribution in [3.05, 3.63) is 47.0 Å². The Labute approximate surface area is 142 Å². The van der Waals surface area contributed by atoms with E-state index >= 15 is 0 Å². The highest BCUT2D eigenvalue weighted by molar-refractivity contribution is 5.53. The van der Waals surface area contributed by atoms with Crippen LogP contribution in [0.15, 0.2) is 30.3 Å². The van der Waals surface area contributed by atoms with Gasteiger partial charge in [0.2, 0.25) is 0 Å². The van der Waals surface area contributed by atoms with E-state index in [4.69, 9.17) is 9.47 Å². The molecule has 4 nitrogen and oxygen atoms in total. The summed E-state index contributed by atoms with van der Waals surface area (Å²) < 4.78 is 10.6. The minimum atomic E-state index is 0.140. The Bertz CT molecular complexity index is 754. The molecule has 0 saturated carbocycles. The van der Waals surface area contributed by atoms with Gasteiger partial charge in [-0.2, -0.15) is 0 Å². The molecule has 2 aromatic carbocycles. The van der Waals surface area contributed by atoms with E-state index < -0.39 is 0 Å². The highest BCUT2D eigenvalue weighted by Crippen LogP contribution is 2.47.